The van der Waals surface area contributed by atoms with Gasteiger partial charge in [-0.1, -0.05) is 349 Å². The van der Waals surface area contributed by atoms with E-state index in [2.05, 4.69) is 34.6 Å². The SMILES string of the molecule is CCCCCCCCCCCCCCCCCCCCCCCCC(=O)O[C@H](COC(=O)CCCCCCCCCCCCCCCCCCC(C)C)COP(=O)(O)OC[C@@H](O)COP(=O)(O)OC[C@@H](COC(=O)CCCCCCCCC)OC(=O)CCCCCCCCC. The molecule has 0 aliphatic heterocycles. The van der Waals surface area contributed by atoms with Crippen molar-refractivity contribution in [3.05, 3.63) is 0 Å². The molecule has 0 aliphatic carbocycles. The average Bonchev–Trinajstić information content (AvgIpc) is 1.74. The van der Waals surface area contributed by atoms with Gasteiger partial charge >= 0.3 is 39.5 Å². The van der Waals surface area contributed by atoms with Gasteiger partial charge < -0.3 is 33.8 Å². The highest BCUT2D eigenvalue weighted by Crippen LogP contribution is 2.45. The van der Waals surface area contributed by atoms with Crippen molar-refractivity contribution in [2.75, 3.05) is 39.6 Å². The number of phosphoric acid groups is 2. The molecule has 0 aliphatic rings. The molecular formula is C76H148O17P2. The van der Waals surface area contributed by atoms with E-state index in [1.54, 1.807) is 0 Å². The lowest BCUT2D eigenvalue weighted by atomic mass is 10.0. The van der Waals surface area contributed by atoms with Crippen LogP contribution in [-0.2, 0) is 65.4 Å². The number of aliphatic hydroxyl groups is 1. The van der Waals surface area contributed by atoms with Crippen LogP contribution in [0.3, 0.4) is 0 Å². The fourth-order valence-corrected chi connectivity index (χ4v) is 13.3. The van der Waals surface area contributed by atoms with E-state index in [1.807, 2.05) is 0 Å². The number of aliphatic hydroxyl groups excluding tert-OH is 1. The zero-order valence-electron chi connectivity index (χ0n) is 61.8. The Morgan fingerprint density at radius 3 is 0.716 bits per heavy atom. The molecule has 0 aromatic heterocycles. The van der Waals surface area contributed by atoms with Gasteiger partial charge in [0.2, 0.25) is 0 Å². The topological polar surface area (TPSA) is 237 Å². The van der Waals surface area contributed by atoms with E-state index < -0.39 is 97.5 Å². The highest BCUT2D eigenvalue weighted by molar-refractivity contribution is 7.47. The molecule has 2 unspecified atom stereocenters. The van der Waals surface area contributed by atoms with Crippen LogP contribution in [0.15, 0.2) is 0 Å². The zero-order valence-corrected chi connectivity index (χ0v) is 63.6. The third-order valence-electron chi connectivity index (χ3n) is 17.8. The highest BCUT2D eigenvalue weighted by atomic mass is 31.2. The van der Waals surface area contributed by atoms with E-state index in [1.165, 1.54) is 199 Å². The number of hydrogen-bond donors (Lipinski definition) is 3. The van der Waals surface area contributed by atoms with E-state index in [-0.39, 0.29) is 25.7 Å². The minimum atomic E-state index is -4.95. The van der Waals surface area contributed by atoms with Crippen molar-refractivity contribution in [2.45, 2.75) is 419 Å². The molecule has 0 saturated carbocycles. The molecular weight excluding hydrogens is 1250 g/mol. The highest BCUT2D eigenvalue weighted by Gasteiger charge is 2.30. The second-order valence-electron chi connectivity index (χ2n) is 27.9. The van der Waals surface area contributed by atoms with Crippen LogP contribution in [0.25, 0.3) is 0 Å². The smallest absolute Gasteiger partial charge is 0.462 e. The van der Waals surface area contributed by atoms with Crippen molar-refractivity contribution < 1.29 is 80.2 Å². The number of hydrogen-bond acceptors (Lipinski definition) is 15. The van der Waals surface area contributed by atoms with Crippen molar-refractivity contribution >= 4 is 39.5 Å². The first kappa shape index (κ1) is 93.1. The lowest BCUT2D eigenvalue weighted by Crippen LogP contribution is -2.30. The van der Waals surface area contributed by atoms with Crippen LogP contribution < -0.4 is 0 Å². The van der Waals surface area contributed by atoms with Gasteiger partial charge in [-0.2, -0.15) is 0 Å². The van der Waals surface area contributed by atoms with Crippen LogP contribution >= 0.6 is 15.6 Å². The predicted molar refractivity (Wildman–Crippen MR) is 386 cm³/mol. The molecule has 564 valence electrons. The zero-order chi connectivity index (χ0) is 69.8. The summed E-state index contributed by atoms with van der Waals surface area (Å²) in [5.41, 5.74) is 0. The van der Waals surface area contributed by atoms with E-state index in [0.717, 1.165) is 121 Å². The summed E-state index contributed by atoms with van der Waals surface area (Å²) < 4.78 is 68.2. The van der Waals surface area contributed by atoms with Gasteiger partial charge in [0.05, 0.1) is 26.4 Å². The summed E-state index contributed by atoms with van der Waals surface area (Å²) >= 11 is 0. The lowest BCUT2D eigenvalue weighted by Gasteiger charge is -2.21. The van der Waals surface area contributed by atoms with Gasteiger partial charge in [-0.3, -0.25) is 37.3 Å². The molecule has 95 heavy (non-hydrogen) atoms. The van der Waals surface area contributed by atoms with Gasteiger partial charge in [-0.25, -0.2) is 9.13 Å². The van der Waals surface area contributed by atoms with Crippen molar-refractivity contribution in [3.8, 4) is 0 Å². The number of rotatable bonds is 76. The van der Waals surface area contributed by atoms with Gasteiger partial charge in [0.25, 0.3) is 0 Å². The fourth-order valence-electron chi connectivity index (χ4n) is 11.7. The maximum atomic E-state index is 13.1. The second kappa shape index (κ2) is 69.2. The van der Waals surface area contributed by atoms with E-state index >= 15 is 0 Å². The minimum absolute atomic E-state index is 0.104. The number of esters is 4. The van der Waals surface area contributed by atoms with Crippen LogP contribution in [0.5, 0.6) is 0 Å². The maximum absolute atomic E-state index is 13.1. The number of carbonyl (C=O) groups is 4. The summed E-state index contributed by atoms with van der Waals surface area (Å²) in [7, 11) is -9.89. The number of ether oxygens (including phenoxy) is 4. The Hall–Kier alpha value is -1.94. The normalized spacial score (nSPS) is 13.9. The van der Waals surface area contributed by atoms with Crippen molar-refractivity contribution in [3.63, 3.8) is 0 Å². The molecule has 5 atom stereocenters. The summed E-state index contributed by atoms with van der Waals surface area (Å²) in [6, 6.07) is 0. The van der Waals surface area contributed by atoms with Gasteiger partial charge in [-0.15, -0.1) is 0 Å². The Balaban J connectivity index is 5.09. The van der Waals surface area contributed by atoms with E-state index in [4.69, 9.17) is 37.0 Å². The summed E-state index contributed by atoms with van der Waals surface area (Å²) in [5, 5.41) is 10.6. The monoisotopic (exact) mass is 1400 g/mol. The molecule has 19 heteroatoms. The van der Waals surface area contributed by atoms with Crippen molar-refractivity contribution in [2.24, 2.45) is 5.92 Å². The molecule has 0 heterocycles. The average molecular weight is 1400 g/mol. The molecule has 17 nitrogen and oxygen atoms in total. The molecule has 0 aromatic carbocycles. The van der Waals surface area contributed by atoms with Crippen LogP contribution in [0.4, 0.5) is 0 Å². The molecule has 0 spiro atoms. The van der Waals surface area contributed by atoms with Crippen LogP contribution in [0, 0.1) is 5.92 Å². The quantitative estimate of drug-likeness (QED) is 0.0222. The van der Waals surface area contributed by atoms with Gasteiger partial charge in [0.15, 0.2) is 12.2 Å². The lowest BCUT2D eigenvalue weighted by molar-refractivity contribution is -0.161. The summed E-state index contributed by atoms with van der Waals surface area (Å²) in [6.45, 7) is 7.22. The first-order chi connectivity index (χ1) is 46.0. The molecule has 3 N–H and O–H groups in total. The fraction of sp³-hybridized carbons (Fsp3) is 0.947. The Morgan fingerprint density at radius 1 is 0.284 bits per heavy atom. The Bertz CT molecular complexity index is 1820. The molecule has 0 fully saturated rings. The third-order valence-corrected chi connectivity index (χ3v) is 19.7. The van der Waals surface area contributed by atoms with Crippen LogP contribution in [0.1, 0.15) is 401 Å². The van der Waals surface area contributed by atoms with E-state index in [0.29, 0.717) is 25.7 Å². The Morgan fingerprint density at radius 2 is 0.484 bits per heavy atom. The molecule has 0 amide bonds. The third kappa shape index (κ3) is 70.3. The van der Waals surface area contributed by atoms with Gasteiger partial charge in [-0.05, 0) is 31.6 Å². The number of unbranched alkanes of at least 4 members (excludes halogenated alkanes) is 48. The summed E-state index contributed by atoms with van der Waals surface area (Å²) in [4.78, 5) is 72.4. The molecule has 0 bridgehead atoms. The molecule has 0 rings (SSSR count). The second-order valence-corrected chi connectivity index (χ2v) is 30.8. The summed E-state index contributed by atoms with van der Waals surface area (Å²) in [6.07, 6.45) is 58.9. The predicted octanol–water partition coefficient (Wildman–Crippen LogP) is 22.5. The first-order valence-corrected chi connectivity index (χ1v) is 42.6. The van der Waals surface area contributed by atoms with Gasteiger partial charge in [0, 0.05) is 25.7 Å². The van der Waals surface area contributed by atoms with Crippen LogP contribution in [-0.4, -0.2) is 96.7 Å². The number of phosphoric ester groups is 2. The van der Waals surface area contributed by atoms with E-state index in [9.17, 15) is 43.2 Å². The molecule has 0 saturated heterocycles. The van der Waals surface area contributed by atoms with Crippen molar-refractivity contribution in [1.82, 2.24) is 0 Å². The first-order valence-electron chi connectivity index (χ1n) is 39.6. The molecule has 0 radical (unpaired) electrons. The standard InChI is InChI=1S/C76H148O17P2/c1-6-9-12-15-18-19-20-21-22-23-24-25-26-27-28-33-36-39-42-47-52-57-62-76(81)93-72(66-87-74(79)60-55-50-46-41-38-35-32-30-29-31-34-37-40-45-48-53-58-69(4)5)68-91-95(84,85)89-64-70(77)63-88-94(82,83)90-67-71(92-75(80)61-56-51-44-17-14-11-8-3)65-86-73(78)59-54-49-43-16-13-10-7-2/h69-72,77H,6-68H2,1-5H3,(H,82,83)(H,84,85)/t70-,71+,72+/m0/s1. The van der Waals surface area contributed by atoms with Crippen molar-refractivity contribution in [1.29, 1.82) is 0 Å². The maximum Gasteiger partial charge on any atom is 0.472 e. The largest absolute Gasteiger partial charge is 0.472 e. The van der Waals surface area contributed by atoms with Gasteiger partial charge in [0.1, 0.15) is 19.3 Å². The molecule has 0 aromatic rings. The summed E-state index contributed by atoms with van der Waals surface area (Å²) in [5.74, 6) is -1.31. The number of carbonyl (C=O) groups excluding carboxylic acids is 4. The minimum Gasteiger partial charge on any atom is -0.462 e. The Kier molecular flexibility index (Phi) is 67.7. The van der Waals surface area contributed by atoms with Crippen LogP contribution in [0.2, 0.25) is 0 Å². The Labute approximate surface area is 581 Å².